The normalized spacial score (nSPS) is 17.0. The summed E-state index contributed by atoms with van der Waals surface area (Å²) in [5.41, 5.74) is 0.213. The molecule has 0 aromatic heterocycles. The Balaban J connectivity index is 2.56. The second-order valence-electron chi connectivity index (χ2n) is 6.78. The minimum absolute atomic E-state index is 0.213. The van der Waals surface area contributed by atoms with Crippen LogP contribution in [0, 0.1) is 11.3 Å². The summed E-state index contributed by atoms with van der Waals surface area (Å²) in [4.78, 5) is 24.4. The fraction of sp³-hybridized carbons (Fsp3) is 0.875. The first-order chi connectivity index (χ1) is 9.88. The molecule has 0 unspecified atom stereocenters. The number of carboxylic acids is 1. The van der Waals surface area contributed by atoms with Gasteiger partial charge in [0.25, 0.3) is 0 Å². The van der Waals surface area contributed by atoms with E-state index in [2.05, 4.69) is 19.2 Å². The fourth-order valence-electron chi connectivity index (χ4n) is 3.50. The van der Waals surface area contributed by atoms with Crippen LogP contribution in [0.1, 0.15) is 59.3 Å². The van der Waals surface area contributed by atoms with Crippen LogP contribution in [0.4, 0.5) is 4.79 Å². The van der Waals surface area contributed by atoms with Gasteiger partial charge in [-0.3, -0.25) is 4.79 Å². The summed E-state index contributed by atoms with van der Waals surface area (Å²) in [6.45, 7) is 7.31. The van der Waals surface area contributed by atoms with Crippen LogP contribution in [0.25, 0.3) is 0 Å². The summed E-state index contributed by atoms with van der Waals surface area (Å²) >= 11 is 0. The van der Waals surface area contributed by atoms with Crippen LogP contribution in [-0.2, 0) is 4.79 Å². The molecule has 1 fully saturated rings. The van der Waals surface area contributed by atoms with Crippen molar-refractivity contribution in [1.29, 1.82) is 0 Å². The predicted octanol–water partition coefficient (Wildman–Crippen LogP) is 3.10. The summed E-state index contributed by atoms with van der Waals surface area (Å²) in [5, 5.41) is 11.9. The van der Waals surface area contributed by atoms with Crippen molar-refractivity contribution >= 4 is 12.0 Å². The summed E-state index contributed by atoms with van der Waals surface area (Å²) < 4.78 is 0. The Kier molecular flexibility index (Phi) is 6.99. The number of carboxylic acid groups (broad SMARTS) is 1. The number of nitrogens with one attached hydrogen (secondary N) is 1. The number of rotatable bonds is 8. The lowest BCUT2D eigenvalue weighted by atomic mass is 9.78. The maximum Gasteiger partial charge on any atom is 0.323 e. The van der Waals surface area contributed by atoms with Gasteiger partial charge < -0.3 is 15.3 Å². The fourth-order valence-corrected chi connectivity index (χ4v) is 3.50. The molecule has 0 aliphatic heterocycles. The van der Waals surface area contributed by atoms with E-state index in [0.29, 0.717) is 19.0 Å². The number of carbonyl (C=O) groups excluding carboxylic acids is 1. The Morgan fingerprint density at radius 1 is 1.29 bits per heavy atom. The van der Waals surface area contributed by atoms with E-state index in [1.165, 1.54) is 17.7 Å². The van der Waals surface area contributed by atoms with Crippen molar-refractivity contribution in [3.05, 3.63) is 0 Å². The highest BCUT2D eigenvalue weighted by atomic mass is 16.4. The lowest BCUT2D eigenvalue weighted by Crippen LogP contribution is -2.46. The number of nitrogens with zero attached hydrogens (tertiary/aromatic N) is 1. The van der Waals surface area contributed by atoms with E-state index in [0.717, 1.165) is 25.7 Å². The van der Waals surface area contributed by atoms with Crippen molar-refractivity contribution in [2.75, 3.05) is 19.6 Å². The topological polar surface area (TPSA) is 69.6 Å². The van der Waals surface area contributed by atoms with Gasteiger partial charge in [-0.15, -0.1) is 0 Å². The van der Waals surface area contributed by atoms with Gasteiger partial charge in [0.05, 0.1) is 0 Å². The molecule has 0 atom stereocenters. The van der Waals surface area contributed by atoms with Gasteiger partial charge in [-0.2, -0.15) is 0 Å². The van der Waals surface area contributed by atoms with E-state index >= 15 is 0 Å². The number of hydrogen-bond acceptors (Lipinski definition) is 2. The van der Waals surface area contributed by atoms with Gasteiger partial charge in [0.1, 0.15) is 6.54 Å². The first kappa shape index (κ1) is 17.8. The van der Waals surface area contributed by atoms with Crippen molar-refractivity contribution in [3.63, 3.8) is 0 Å². The monoisotopic (exact) mass is 298 g/mol. The number of urea groups is 1. The highest BCUT2D eigenvalue weighted by molar-refractivity contribution is 5.80. The van der Waals surface area contributed by atoms with Gasteiger partial charge in [-0.05, 0) is 37.0 Å². The smallest absolute Gasteiger partial charge is 0.323 e. The van der Waals surface area contributed by atoms with E-state index in [9.17, 15) is 9.59 Å². The molecule has 1 saturated carbocycles. The third-order valence-electron chi connectivity index (χ3n) is 4.23. The Morgan fingerprint density at radius 2 is 1.90 bits per heavy atom. The second kappa shape index (κ2) is 8.25. The Labute approximate surface area is 128 Å². The van der Waals surface area contributed by atoms with Crippen molar-refractivity contribution in [2.45, 2.75) is 59.3 Å². The zero-order valence-electron chi connectivity index (χ0n) is 13.7. The molecule has 0 spiro atoms. The molecule has 1 rings (SSSR count). The molecule has 0 heterocycles. The molecule has 0 aromatic carbocycles. The molecule has 122 valence electrons. The Hall–Kier alpha value is -1.26. The molecule has 2 amide bonds. The molecule has 1 aliphatic rings. The number of aliphatic carboxylic acids is 1. The molecular formula is C16H30N2O3. The van der Waals surface area contributed by atoms with Crippen LogP contribution >= 0.6 is 0 Å². The standard InChI is InChI=1S/C16H30N2O3/c1-4-9-18(11-14(19)20)15(21)17-12-16(10-13(2)3)7-5-6-8-16/h13H,4-12H2,1-3H3,(H,17,21)(H,19,20). The molecule has 21 heavy (non-hydrogen) atoms. The largest absolute Gasteiger partial charge is 0.480 e. The predicted molar refractivity (Wildman–Crippen MR) is 83.3 cm³/mol. The first-order valence-corrected chi connectivity index (χ1v) is 8.13. The van der Waals surface area contributed by atoms with E-state index in [4.69, 9.17) is 5.11 Å². The molecular weight excluding hydrogens is 268 g/mol. The highest BCUT2D eigenvalue weighted by Crippen LogP contribution is 2.42. The van der Waals surface area contributed by atoms with Gasteiger partial charge in [0, 0.05) is 13.1 Å². The number of amides is 2. The van der Waals surface area contributed by atoms with Gasteiger partial charge in [0.2, 0.25) is 0 Å². The lowest BCUT2D eigenvalue weighted by Gasteiger charge is -2.32. The average molecular weight is 298 g/mol. The Morgan fingerprint density at radius 3 is 2.38 bits per heavy atom. The zero-order chi connectivity index (χ0) is 15.9. The maximum atomic E-state index is 12.2. The Bertz CT molecular complexity index is 349. The summed E-state index contributed by atoms with van der Waals surface area (Å²) in [5.74, 6) is -0.345. The van der Waals surface area contributed by atoms with E-state index in [-0.39, 0.29) is 18.0 Å². The second-order valence-corrected chi connectivity index (χ2v) is 6.78. The van der Waals surface area contributed by atoms with Crippen LogP contribution in [0.3, 0.4) is 0 Å². The van der Waals surface area contributed by atoms with Gasteiger partial charge >= 0.3 is 12.0 Å². The minimum Gasteiger partial charge on any atom is -0.480 e. The highest BCUT2D eigenvalue weighted by Gasteiger charge is 2.35. The van der Waals surface area contributed by atoms with E-state index < -0.39 is 5.97 Å². The quantitative estimate of drug-likeness (QED) is 0.723. The van der Waals surface area contributed by atoms with Crippen LogP contribution < -0.4 is 5.32 Å². The summed E-state index contributed by atoms with van der Waals surface area (Å²) in [6, 6.07) is -0.241. The molecule has 2 N–H and O–H groups in total. The molecule has 0 bridgehead atoms. The molecule has 5 heteroatoms. The third kappa shape index (κ3) is 5.94. The van der Waals surface area contributed by atoms with Gasteiger partial charge in [-0.25, -0.2) is 4.79 Å². The molecule has 5 nitrogen and oxygen atoms in total. The molecule has 0 saturated heterocycles. The van der Waals surface area contributed by atoms with Gasteiger partial charge in [-0.1, -0.05) is 33.6 Å². The van der Waals surface area contributed by atoms with Gasteiger partial charge in [0.15, 0.2) is 0 Å². The van der Waals surface area contributed by atoms with Crippen molar-refractivity contribution < 1.29 is 14.7 Å². The first-order valence-electron chi connectivity index (χ1n) is 8.13. The van der Waals surface area contributed by atoms with Crippen LogP contribution in [0.5, 0.6) is 0 Å². The molecule has 0 radical (unpaired) electrons. The van der Waals surface area contributed by atoms with Crippen molar-refractivity contribution in [1.82, 2.24) is 10.2 Å². The minimum atomic E-state index is -0.962. The lowest BCUT2D eigenvalue weighted by molar-refractivity contribution is -0.137. The van der Waals surface area contributed by atoms with E-state index in [1.54, 1.807) is 0 Å². The summed E-state index contributed by atoms with van der Waals surface area (Å²) in [6.07, 6.45) is 6.68. The van der Waals surface area contributed by atoms with Crippen molar-refractivity contribution in [3.8, 4) is 0 Å². The SMILES string of the molecule is CCCN(CC(=O)O)C(=O)NCC1(CC(C)C)CCCC1. The van der Waals surface area contributed by atoms with Crippen molar-refractivity contribution in [2.24, 2.45) is 11.3 Å². The summed E-state index contributed by atoms with van der Waals surface area (Å²) in [7, 11) is 0. The zero-order valence-corrected chi connectivity index (χ0v) is 13.7. The van der Waals surface area contributed by atoms with Crippen LogP contribution in [0.15, 0.2) is 0 Å². The average Bonchev–Trinajstić information content (AvgIpc) is 2.83. The maximum absolute atomic E-state index is 12.2. The van der Waals surface area contributed by atoms with E-state index in [1.807, 2.05) is 6.92 Å². The van der Waals surface area contributed by atoms with Crippen LogP contribution in [-0.4, -0.2) is 41.6 Å². The third-order valence-corrected chi connectivity index (χ3v) is 4.23. The number of hydrogen-bond donors (Lipinski definition) is 2. The molecule has 1 aliphatic carbocycles. The number of carbonyl (C=O) groups is 2. The molecule has 0 aromatic rings. The van der Waals surface area contributed by atoms with Crippen LogP contribution in [0.2, 0.25) is 0 Å².